The Morgan fingerprint density at radius 3 is 2.64 bits per heavy atom. The fourth-order valence-corrected chi connectivity index (χ4v) is 3.49. The van der Waals surface area contributed by atoms with E-state index >= 15 is 0 Å². The van der Waals surface area contributed by atoms with Crippen LogP contribution in [0.25, 0.3) is 22.4 Å². The van der Waals surface area contributed by atoms with Crippen LogP contribution in [0.4, 0.5) is 11.4 Å². The summed E-state index contributed by atoms with van der Waals surface area (Å²) in [6.45, 7) is 0.191. The molecule has 6 nitrogen and oxygen atoms in total. The number of nitrogens with one attached hydrogen (secondary N) is 2. The van der Waals surface area contributed by atoms with Gasteiger partial charge in [-0.15, -0.1) is 0 Å². The molecule has 3 aromatic carbocycles. The van der Waals surface area contributed by atoms with Crippen LogP contribution in [0.15, 0.2) is 72.8 Å². The summed E-state index contributed by atoms with van der Waals surface area (Å²) in [6, 6.07) is 22.2. The molecule has 2 amide bonds. The van der Waals surface area contributed by atoms with Crippen LogP contribution >= 0.6 is 0 Å². The summed E-state index contributed by atoms with van der Waals surface area (Å²) in [5, 5.41) is 5.80. The third-order valence-electron chi connectivity index (χ3n) is 4.78. The lowest BCUT2D eigenvalue weighted by molar-refractivity contribution is -0.116. The first-order chi connectivity index (χ1) is 13.7. The van der Waals surface area contributed by atoms with Gasteiger partial charge >= 0.3 is 0 Å². The van der Waals surface area contributed by atoms with Gasteiger partial charge in [0.15, 0.2) is 0 Å². The number of aromatic nitrogens is 2. The molecule has 0 bridgehead atoms. The lowest BCUT2D eigenvalue weighted by atomic mass is 10.1. The fourth-order valence-electron chi connectivity index (χ4n) is 3.49. The fraction of sp³-hybridized carbons (Fsp3) is 0.0455. The average molecular weight is 368 g/mol. The highest BCUT2D eigenvalue weighted by Gasteiger charge is 2.22. The zero-order chi connectivity index (χ0) is 19.1. The molecule has 2 heterocycles. The Kier molecular flexibility index (Phi) is 3.69. The molecule has 0 spiro atoms. The molecule has 0 radical (unpaired) electrons. The molecule has 0 saturated heterocycles. The van der Waals surface area contributed by atoms with Gasteiger partial charge in [0, 0.05) is 16.8 Å². The van der Waals surface area contributed by atoms with Gasteiger partial charge in [0.25, 0.3) is 5.91 Å². The standard InChI is InChI=1S/C22H16N4O2/c27-20-13-26-19-9-5-4-8-17(19)25-21(26)16-11-10-15(12-18(16)24-20)23-22(28)14-6-2-1-3-7-14/h1-12H,13H2,(H,23,28)(H,24,27). The number of nitrogens with zero attached hydrogens (tertiary/aromatic N) is 2. The molecule has 6 heteroatoms. The predicted octanol–water partition coefficient (Wildman–Crippen LogP) is 3.91. The smallest absolute Gasteiger partial charge is 0.255 e. The number of fused-ring (bicyclic) bond motifs is 5. The van der Waals surface area contributed by atoms with E-state index in [-0.39, 0.29) is 18.4 Å². The summed E-state index contributed by atoms with van der Waals surface area (Å²) < 4.78 is 1.92. The second-order valence-corrected chi connectivity index (χ2v) is 6.64. The van der Waals surface area contributed by atoms with Crippen molar-refractivity contribution in [2.75, 3.05) is 10.6 Å². The van der Waals surface area contributed by atoms with Crippen molar-refractivity contribution in [1.29, 1.82) is 0 Å². The van der Waals surface area contributed by atoms with Gasteiger partial charge in [-0.2, -0.15) is 0 Å². The van der Waals surface area contributed by atoms with Gasteiger partial charge in [-0.3, -0.25) is 9.59 Å². The Bertz CT molecular complexity index is 1230. The molecule has 1 aromatic heterocycles. The van der Waals surface area contributed by atoms with Crippen LogP contribution in [0.2, 0.25) is 0 Å². The SMILES string of the molecule is O=C1Cn2c(nc3ccccc32)-c2ccc(NC(=O)c3ccccc3)cc2N1. The molecule has 1 aliphatic heterocycles. The molecule has 28 heavy (non-hydrogen) atoms. The average Bonchev–Trinajstić information content (AvgIpc) is 3.00. The minimum Gasteiger partial charge on any atom is -0.324 e. The number of rotatable bonds is 2. The molecule has 0 aliphatic carbocycles. The van der Waals surface area contributed by atoms with Crippen LogP contribution in [0, 0.1) is 0 Å². The highest BCUT2D eigenvalue weighted by molar-refractivity contribution is 6.06. The highest BCUT2D eigenvalue weighted by Crippen LogP contribution is 2.34. The highest BCUT2D eigenvalue weighted by atomic mass is 16.2. The van der Waals surface area contributed by atoms with Gasteiger partial charge < -0.3 is 15.2 Å². The molecule has 4 aromatic rings. The van der Waals surface area contributed by atoms with E-state index in [9.17, 15) is 9.59 Å². The first kappa shape index (κ1) is 16.3. The summed E-state index contributed by atoms with van der Waals surface area (Å²) in [4.78, 5) is 29.6. The van der Waals surface area contributed by atoms with Crippen molar-refractivity contribution < 1.29 is 9.59 Å². The maximum absolute atomic E-state index is 12.5. The molecule has 0 saturated carbocycles. The Hall–Kier alpha value is -3.93. The number of hydrogen-bond donors (Lipinski definition) is 2. The lowest BCUT2D eigenvalue weighted by Gasteiger charge is -2.10. The van der Waals surface area contributed by atoms with Crippen LogP contribution in [-0.4, -0.2) is 21.4 Å². The van der Waals surface area contributed by atoms with E-state index in [1.54, 1.807) is 18.2 Å². The van der Waals surface area contributed by atoms with Crippen LogP contribution in [0.1, 0.15) is 10.4 Å². The molecule has 0 fully saturated rings. The van der Waals surface area contributed by atoms with Crippen molar-refractivity contribution in [3.05, 3.63) is 78.4 Å². The maximum atomic E-state index is 12.5. The van der Waals surface area contributed by atoms with Crippen molar-refractivity contribution >= 4 is 34.2 Å². The van der Waals surface area contributed by atoms with Crippen molar-refractivity contribution in [3.63, 3.8) is 0 Å². The van der Waals surface area contributed by atoms with E-state index in [2.05, 4.69) is 10.6 Å². The number of carbonyl (C=O) groups is 2. The van der Waals surface area contributed by atoms with Gasteiger partial charge in [0.2, 0.25) is 5.91 Å². The molecule has 0 unspecified atom stereocenters. The zero-order valence-corrected chi connectivity index (χ0v) is 14.8. The van der Waals surface area contributed by atoms with E-state index in [1.165, 1.54) is 0 Å². The summed E-state index contributed by atoms with van der Waals surface area (Å²) in [5.74, 6) is 0.401. The summed E-state index contributed by atoms with van der Waals surface area (Å²) in [5.41, 5.74) is 4.40. The quantitative estimate of drug-likeness (QED) is 0.563. The van der Waals surface area contributed by atoms with Crippen molar-refractivity contribution in [2.24, 2.45) is 0 Å². The largest absolute Gasteiger partial charge is 0.324 e. The van der Waals surface area contributed by atoms with Gasteiger partial charge in [-0.25, -0.2) is 4.98 Å². The minimum absolute atomic E-state index is 0.130. The Balaban J connectivity index is 1.56. The number of para-hydroxylation sites is 2. The van der Waals surface area contributed by atoms with E-state index in [0.29, 0.717) is 16.9 Å². The monoisotopic (exact) mass is 368 g/mol. The molecule has 2 N–H and O–H groups in total. The van der Waals surface area contributed by atoms with E-state index in [4.69, 9.17) is 4.98 Å². The summed E-state index contributed by atoms with van der Waals surface area (Å²) >= 11 is 0. The van der Waals surface area contributed by atoms with E-state index in [0.717, 1.165) is 22.4 Å². The number of hydrogen-bond acceptors (Lipinski definition) is 3. The summed E-state index contributed by atoms with van der Waals surface area (Å²) in [6.07, 6.45) is 0. The van der Waals surface area contributed by atoms with Crippen molar-refractivity contribution in [3.8, 4) is 11.4 Å². The molecular weight excluding hydrogens is 352 g/mol. The Labute approximate surface area is 160 Å². The number of amides is 2. The van der Waals surface area contributed by atoms with Gasteiger partial charge in [-0.1, -0.05) is 30.3 Å². The van der Waals surface area contributed by atoms with Crippen LogP contribution in [0.5, 0.6) is 0 Å². The Morgan fingerprint density at radius 2 is 1.79 bits per heavy atom. The van der Waals surface area contributed by atoms with Crippen LogP contribution in [-0.2, 0) is 11.3 Å². The van der Waals surface area contributed by atoms with Crippen molar-refractivity contribution in [1.82, 2.24) is 9.55 Å². The molecular formula is C22H16N4O2. The van der Waals surface area contributed by atoms with Gasteiger partial charge in [-0.05, 0) is 42.5 Å². The van der Waals surface area contributed by atoms with E-state index in [1.807, 2.05) is 59.2 Å². The third kappa shape index (κ3) is 2.72. The van der Waals surface area contributed by atoms with Gasteiger partial charge in [0.1, 0.15) is 12.4 Å². The molecule has 5 rings (SSSR count). The second-order valence-electron chi connectivity index (χ2n) is 6.64. The number of benzene rings is 3. The molecule has 136 valence electrons. The number of imidazole rings is 1. The number of anilines is 2. The number of carbonyl (C=O) groups excluding carboxylic acids is 2. The lowest BCUT2D eigenvalue weighted by Crippen LogP contribution is -2.16. The molecule has 0 atom stereocenters. The normalized spacial score (nSPS) is 12.6. The second kappa shape index (κ2) is 6.35. The zero-order valence-electron chi connectivity index (χ0n) is 14.8. The summed E-state index contributed by atoms with van der Waals surface area (Å²) in [7, 11) is 0. The topological polar surface area (TPSA) is 76.0 Å². The van der Waals surface area contributed by atoms with E-state index < -0.39 is 0 Å². The molecule has 1 aliphatic rings. The predicted molar refractivity (Wildman–Crippen MR) is 108 cm³/mol. The van der Waals surface area contributed by atoms with Crippen molar-refractivity contribution in [2.45, 2.75) is 6.54 Å². The third-order valence-corrected chi connectivity index (χ3v) is 4.78. The Morgan fingerprint density at radius 1 is 1.00 bits per heavy atom. The first-order valence-electron chi connectivity index (χ1n) is 8.95. The van der Waals surface area contributed by atoms with Crippen LogP contribution < -0.4 is 10.6 Å². The van der Waals surface area contributed by atoms with Gasteiger partial charge in [0.05, 0.1) is 16.7 Å². The first-order valence-corrected chi connectivity index (χ1v) is 8.95. The maximum Gasteiger partial charge on any atom is 0.255 e. The van der Waals surface area contributed by atoms with Crippen LogP contribution in [0.3, 0.4) is 0 Å². The minimum atomic E-state index is -0.201.